The molecule has 6 aliphatic rings. The van der Waals surface area contributed by atoms with E-state index in [4.69, 9.17) is 14.5 Å². The summed E-state index contributed by atoms with van der Waals surface area (Å²) in [6.07, 6.45) is 17.9. The summed E-state index contributed by atoms with van der Waals surface area (Å²) in [5.41, 5.74) is 0.489. The van der Waals surface area contributed by atoms with Gasteiger partial charge in [-0.15, -0.1) is 0 Å². The van der Waals surface area contributed by atoms with Gasteiger partial charge in [-0.05, 0) is 78.9 Å². The molecule has 0 aromatic rings. The molecule has 0 amide bonds. The molecule has 0 N–H and O–H groups in total. The third-order valence-electron chi connectivity index (χ3n) is 10.8. The molecule has 2 aliphatic heterocycles. The lowest BCUT2D eigenvalue weighted by atomic mass is 9.46. The minimum atomic E-state index is -0.548. The van der Waals surface area contributed by atoms with Gasteiger partial charge in [0.1, 0.15) is 17.3 Å². The zero-order chi connectivity index (χ0) is 24.5. The van der Waals surface area contributed by atoms with Crippen LogP contribution in [0.3, 0.4) is 0 Å². The van der Waals surface area contributed by atoms with Crippen LogP contribution in [0.5, 0.6) is 0 Å². The SMILES string of the molecule is CC(=O)O[C@@H]1CC[C@]2(C)C3=CC[C@@]4(C)[C@@H](CC[C@H]4[C@H](C)/C=C/[C@H](C)C(C)C)[C@@]34C=C[C@]2(C1)OO4. The van der Waals surface area contributed by atoms with Gasteiger partial charge in [0.25, 0.3) is 0 Å². The van der Waals surface area contributed by atoms with E-state index in [1.165, 1.54) is 25.3 Å². The molecule has 0 aromatic carbocycles. The summed E-state index contributed by atoms with van der Waals surface area (Å²) in [5, 5.41) is 0. The molecular formula is C30H44O4. The Morgan fingerprint density at radius 2 is 1.85 bits per heavy atom. The second-order valence-electron chi connectivity index (χ2n) is 12.9. The van der Waals surface area contributed by atoms with Crippen molar-refractivity contribution in [2.75, 3.05) is 0 Å². The molecule has 3 fully saturated rings. The number of allylic oxidation sites excluding steroid dienone is 3. The number of esters is 1. The van der Waals surface area contributed by atoms with Gasteiger partial charge in [0.05, 0.1) is 0 Å². The minimum Gasteiger partial charge on any atom is -0.462 e. The van der Waals surface area contributed by atoms with Crippen LogP contribution >= 0.6 is 0 Å². The smallest absolute Gasteiger partial charge is 0.302 e. The van der Waals surface area contributed by atoms with Crippen molar-refractivity contribution in [2.45, 2.75) is 104 Å². The molecule has 4 heteroatoms. The third-order valence-corrected chi connectivity index (χ3v) is 10.8. The van der Waals surface area contributed by atoms with E-state index in [0.29, 0.717) is 36.0 Å². The number of rotatable bonds is 5. The summed E-state index contributed by atoms with van der Waals surface area (Å²) in [5.74, 6) is 2.67. The molecule has 4 aliphatic carbocycles. The molecule has 34 heavy (non-hydrogen) atoms. The highest BCUT2D eigenvalue weighted by Gasteiger charge is 2.72. The largest absolute Gasteiger partial charge is 0.462 e. The Hall–Kier alpha value is -1.39. The van der Waals surface area contributed by atoms with E-state index in [9.17, 15) is 4.79 Å². The standard InChI is InChI=1S/C30H44O4/c1-19(2)20(3)8-9-21(4)24-10-11-25-27(24,6)14-13-26-28(7)15-12-23(32-22(5)31)18-29(28)16-17-30(25,26)34-33-29/h8-9,13,16-17,19-21,23-25H,10-12,14-15,18H2,1-7H3/b9-8+/t20-,21+,23+,24-,25+,27+,28+,29+,30-/m0/s1. The number of ether oxygens (including phenoxy) is 1. The Morgan fingerprint density at radius 3 is 2.50 bits per heavy atom. The van der Waals surface area contributed by atoms with Crippen LogP contribution in [-0.4, -0.2) is 23.3 Å². The molecule has 2 spiro atoms. The Morgan fingerprint density at radius 1 is 1.09 bits per heavy atom. The van der Waals surface area contributed by atoms with Crippen LogP contribution in [0.1, 0.15) is 87.0 Å². The normalized spacial score (nSPS) is 46.6. The molecular weight excluding hydrogens is 424 g/mol. The number of fused-ring (bicyclic) bond motifs is 2. The highest BCUT2D eigenvalue weighted by atomic mass is 17.2. The van der Waals surface area contributed by atoms with E-state index in [1.807, 2.05) is 0 Å². The van der Waals surface area contributed by atoms with Crippen LogP contribution < -0.4 is 0 Å². The maximum absolute atomic E-state index is 11.6. The second kappa shape index (κ2) is 8.06. The Bertz CT molecular complexity index is 932. The van der Waals surface area contributed by atoms with E-state index >= 15 is 0 Å². The fourth-order valence-electron chi connectivity index (χ4n) is 8.33. The quantitative estimate of drug-likeness (QED) is 0.248. The summed E-state index contributed by atoms with van der Waals surface area (Å²) in [7, 11) is 0. The molecule has 0 aromatic heterocycles. The molecule has 9 atom stereocenters. The van der Waals surface area contributed by atoms with Gasteiger partial charge >= 0.3 is 5.97 Å². The fourth-order valence-corrected chi connectivity index (χ4v) is 8.33. The predicted molar refractivity (Wildman–Crippen MR) is 134 cm³/mol. The monoisotopic (exact) mass is 468 g/mol. The van der Waals surface area contributed by atoms with Crippen LogP contribution in [0.25, 0.3) is 0 Å². The average molecular weight is 469 g/mol. The van der Waals surface area contributed by atoms with E-state index in [-0.39, 0.29) is 22.9 Å². The zero-order valence-corrected chi connectivity index (χ0v) is 22.2. The third kappa shape index (κ3) is 3.27. The van der Waals surface area contributed by atoms with Crippen LogP contribution in [-0.2, 0) is 19.3 Å². The maximum atomic E-state index is 11.6. The van der Waals surface area contributed by atoms with Gasteiger partial charge in [-0.3, -0.25) is 4.79 Å². The first kappa shape index (κ1) is 24.3. The first-order chi connectivity index (χ1) is 16.0. The van der Waals surface area contributed by atoms with Gasteiger partial charge in [-0.1, -0.05) is 59.8 Å². The second-order valence-corrected chi connectivity index (χ2v) is 12.9. The summed E-state index contributed by atoms with van der Waals surface area (Å²) < 4.78 is 5.61. The van der Waals surface area contributed by atoms with Gasteiger partial charge in [0.15, 0.2) is 0 Å². The molecule has 2 saturated carbocycles. The Kier molecular flexibility index (Phi) is 5.76. The Labute approximate surface area is 206 Å². The summed E-state index contributed by atoms with van der Waals surface area (Å²) in [6, 6.07) is 0. The van der Waals surface area contributed by atoms with Gasteiger partial charge in [0.2, 0.25) is 0 Å². The lowest BCUT2D eigenvalue weighted by Gasteiger charge is -2.66. The molecule has 6 rings (SSSR count). The number of carbonyl (C=O) groups excluding carboxylic acids is 1. The summed E-state index contributed by atoms with van der Waals surface area (Å²) in [6.45, 7) is 15.7. The molecule has 0 unspecified atom stereocenters. The van der Waals surface area contributed by atoms with Crippen LogP contribution in [0.4, 0.5) is 0 Å². The van der Waals surface area contributed by atoms with Gasteiger partial charge in [-0.2, -0.15) is 0 Å². The van der Waals surface area contributed by atoms with Crippen molar-refractivity contribution >= 4 is 5.97 Å². The maximum Gasteiger partial charge on any atom is 0.302 e. The van der Waals surface area contributed by atoms with Crippen LogP contribution in [0.2, 0.25) is 0 Å². The van der Waals surface area contributed by atoms with Crippen LogP contribution in [0.15, 0.2) is 36.0 Å². The van der Waals surface area contributed by atoms with Gasteiger partial charge < -0.3 is 4.74 Å². The van der Waals surface area contributed by atoms with Crippen LogP contribution in [0, 0.1) is 40.4 Å². The van der Waals surface area contributed by atoms with E-state index < -0.39 is 11.2 Å². The van der Waals surface area contributed by atoms with Gasteiger partial charge in [0, 0.05) is 24.7 Å². The highest BCUT2D eigenvalue weighted by molar-refractivity contribution is 5.66. The van der Waals surface area contributed by atoms with Gasteiger partial charge in [-0.25, -0.2) is 9.78 Å². The van der Waals surface area contributed by atoms with Crippen molar-refractivity contribution in [1.82, 2.24) is 0 Å². The predicted octanol–water partition coefficient (Wildman–Crippen LogP) is 6.96. The number of hydrogen-bond donors (Lipinski definition) is 0. The molecule has 0 radical (unpaired) electrons. The fraction of sp³-hybridized carbons (Fsp3) is 0.767. The average Bonchev–Trinajstić information content (AvgIpc) is 3.14. The van der Waals surface area contributed by atoms with Crippen molar-refractivity contribution < 1.29 is 19.3 Å². The lowest BCUT2D eigenvalue weighted by molar-refractivity contribution is -0.455. The molecule has 4 nitrogen and oxygen atoms in total. The molecule has 2 bridgehead atoms. The molecule has 2 heterocycles. The van der Waals surface area contributed by atoms with Crippen molar-refractivity contribution in [3.05, 3.63) is 36.0 Å². The Balaban J connectivity index is 1.45. The van der Waals surface area contributed by atoms with E-state index in [2.05, 4.69) is 71.9 Å². The summed E-state index contributed by atoms with van der Waals surface area (Å²) >= 11 is 0. The first-order valence-electron chi connectivity index (χ1n) is 13.6. The van der Waals surface area contributed by atoms with E-state index in [1.54, 1.807) is 0 Å². The number of hydrogen-bond acceptors (Lipinski definition) is 4. The zero-order valence-electron chi connectivity index (χ0n) is 22.2. The van der Waals surface area contributed by atoms with Crippen molar-refractivity contribution in [2.24, 2.45) is 40.4 Å². The minimum absolute atomic E-state index is 0.115. The summed E-state index contributed by atoms with van der Waals surface area (Å²) in [4.78, 5) is 24.5. The van der Waals surface area contributed by atoms with Crippen molar-refractivity contribution in [3.8, 4) is 0 Å². The lowest BCUT2D eigenvalue weighted by Crippen LogP contribution is -2.69. The molecule has 1 saturated heterocycles. The number of carbonyl (C=O) groups is 1. The van der Waals surface area contributed by atoms with Crippen molar-refractivity contribution in [1.29, 1.82) is 0 Å². The van der Waals surface area contributed by atoms with E-state index in [0.717, 1.165) is 19.3 Å². The van der Waals surface area contributed by atoms with Crippen molar-refractivity contribution in [3.63, 3.8) is 0 Å². The topological polar surface area (TPSA) is 44.8 Å². The first-order valence-corrected chi connectivity index (χ1v) is 13.6. The highest BCUT2D eigenvalue weighted by Crippen LogP contribution is 2.71. The molecule has 188 valence electrons.